The minimum absolute atomic E-state index is 0.125. The predicted molar refractivity (Wildman–Crippen MR) is 88.1 cm³/mol. The topological polar surface area (TPSA) is 66.7 Å². The first-order chi connectivity index (χ1) is 10.8. The second-order valence-electron chi connectivity index (χ2n) is 6.14. The van der Waals surface area contributed by atoms with Gasteiger partial charge in [0.15, 0.2) is 10.7 Å². The fraction of sp³-hybridized carbons (Fsp3) is 0.438. The van der Waals surface area contributed by atoms with E-state index in [1.807, 2.05) is 38.4 Å². The van der Waals surface area contributed by atoms with Crippen LogP contribution in [-0.2, 0) is 16.4 Å². The Labute approximate surface area is 136 Å². The van der Waals surface area contributed by atoms with Crippen LogP contribution in [0.3, 0.4) is 0 Å². The number of aryl methyl sites for hydroxylation is 2. The van der Waals surface area contributed by atoms with Gasteiger partial charge in [-0.3, -0.25) is 4.31 Å². The first-order valence-corrected chi connectivity index (χ1v) is 8.96. The second kappa shape index (κ2) is 5.65. The third kappa shape index (κ3) is 2.64. The molecule has 124 valence electrons. The van der Waals surface area contributed by atoms with Gasteiger partial charge < -0.3 is 9.42 Å². The number of sulfonamides is 1. The van der Waals surface area contributed by atoms with Crippen molar-refractivity contribution in [1.82, 2.24) is 10.1 Å². The van der Waals surface area contributed by atoms with Crippen LogP contribution in [0.5, 0.6) is 0 Å². The van der Waals surface area contributed by atoms with Gasteiger partial charge >= 0.3 is 0 Å². The van der Waals surface area contributed by atoms with Crippen molar-refractivity contribution in [2.45, 2.75) is 31.2 Å². The lowest BCUT2D eigenvalue weighted by molar-refractivity contribution is 0.293. The van der Waals surface area contributed by atoms with Crippen LogP contribution in [0, 0.1) is 13.8 Å². The molecule has 1 aromatic carbocycles. The summed E-state index contributed by atoms with van der Waals surface area (Å²) in [7, 11) is 0.234. The number of rotatable bonds is 3. The van der Waals surface area contributed by atoms with Crippen LogP contribution in [0.25, 0.3) is 0 Å². The van der Waals surface area contributed by atoms with Crippen LogP contribution in [0.15, 0.2) is 33.7 Å². The number of nitrogens with zero attached hydrogens (tertiary/aromatic N) is 3. The Morgan fingerprint density at radius 1 is 1.26 bits per heavy atom. The van der Waals surface area contributed by atoms with E-state index in [1.54, 1.807) is 13.8 Å². The monoisotopic (exact) mass is 335 g/mol. The summed E-state index contributed by atoms with van der Waals surface area (Å²) in [5.41, 5.74) is 2.17. The van der Waals surface area contributed by atoms with E-state index in [-0.39, 0.29) is 10.9 Å². The molecule has 2 aromatic rings. The SMILES string of the molecule is Cc1noc(C)c1S(=O)(=O)N1C[C@H](N(C)C)Cc2ccccc21. The first-order valence-electron chi connectivity index (χ1n) is 7.52. The molecule has 3 rings (SSSR count). The number of aromatic nitrogens is 1. The van der Waals surface area contributed by atoms with Crippen LogP contribution in [0.2, 0.25) is 0 Å². The molecule has 7 heteroatoms. The summed E-state index contributed by atoms with van der Waals surface area (Å²) in [4.78, 5) is 2.23. The van der Waals surface area contributed by atoms with Gasteiger partial charge in [-0.1, -0.05) is 23.4 Å². The van der Waals surface area contributed by atoms with Gasteiger partial charge in [-0.05, 0) is 46.0 Å². The van der Waals surface area contributed by atoms with Crippen molar-refractivity contribution < 1.29 is 12.9 Å². The van der Waals surface area contributed by atoms with Gasteiger partial charge in [-0.15, -0.1) is 0 Å². The molecule has 0 radical (unpaired) electrons. The van der Waals surface area contributed by atoms with Crippen molar-refractivity contribution in [3.63, 3.8) is 0 Å². The molecule has 0 aliphatic carbocycles. The van der Waals surface area contributed by atoms with E-state index in [2.05, 4.69) is 10.1 Å². The van der Waals surface area contributed by atoms with Crippen LogP contribution in [0.1, 0.15) is 17.0 Å². The second-order valence-corrected chi connectivity index (χ2v) is 7.94. The highest BCUT2D eigenvalue weighted by atomic mass is 32.2. The summed E-state index contributed by atoms with van der Waals surface area (Å²) >= 11 is 0. The van der Waals surface area contributed by atoms with Gasteiger partial charge in [0.1, 0.15) is 5.69 Å². The quantitative estimate of drug-likeness (QED) is 0.858. The largest absolute Gasteiger partial charge is 0.360 e. The smallest absolute Gasteiger partial charge is 0.269 e. The molecule has 1 aliphatic rings. The van der Waals surface area contributed by atoms with E-state index in [4.69, 9.17) is 4.52 Å². The fourth-order valence-electron chi connectivity index (χ4n) is 3.06. The lowest BCUT2D eigenvalue weighted by Gasteiger charge is -2.37. The lowest BCUT2D eigenvalue weighted by Crippen LogP contribution is -2.48. The standard InChI is InChI=1S/C16H21N3O3S/c1-11-16(12(2)22-17-11)23(20,21)19-10-14(18(3)4)9-13-7-5-6-8-15(13)19/h5-8,14H,9-10H2,1-4H3/t14-/m1/s1. The van der Waals surface area contributed by atoms with Crippen molar-refractivity contribution in [3.05, 3.63) is 41.3 Å². The minimum atomic E-state index is -3.71. The van der Waals surface area contributed by atoms with Gasteiger partial charge in [0.25, 0.3) is 10.0 Å². The number of fused-ring (bicyclic) bond motifs is 1. The van der Waals surface area contributed by atoms with Crippen LogP contribution in [-0.4, -0.2) is 45.2 Å². The van der Waals surface area contributed by atoms with E-state index >= 15 is 0 Å². The first kappa shape index (κ1) is 16.0. The molecule has 0 fully saturated rings. The van der Waals surface area contributed by atoms with E-state index in [9.17, 15) is 8.42 Å². The van der Waals surface area contributed by atoms with Crippen molar-refractivity contribution in [3.8, 4) is 0 Å². The van der Waals surface area contributed by atoms with Gasteiger partial charge in [0, 0.05) is 6.04 Å². The summed E-state index contributed by atoms with van der Waals surface area (Å²) in [6, 6.07) is 7.78. The molecule has 0 saturated carbocycles. The number of likely N-dealkylation sites (N-methyl/N-ethyl adjacent to an activating group) is 1. The number of hydrogen-bond acceptors (Lipinski definition) is 5. The van der Waals surface area contributed by atoms with E-state index < -0.39 is 10.0 Å². The molecule has 6 nitrogen and oxygen atoms in total. The molecular weight excluding hydrogens is 314 g/mol. The van der Waals surface area contributed by atoms with Crippen molar-refractivity contribution in [1.29, 1.82) is 0 Å². The molecule has 0 spiro atoms. The fourth-order valence-corrected chi connectivity index (χ4v) is 4.90. The summed E-state index contributed by atoms with van der Waals surface area (Å²) in [5.74, 6) is 0.326. The van der Waals surface area contributed by atoms with Crippen LogP contribution in [0.4, 0.5) is 5.69 Å². The molecule has 1 aliphatic heterocycles. The van der Waals surface area contributed by atoms with Gasteiger partial charge in [-0.25, -0.2) is 8.42 Å². The third-order valence-electron chi connectivity index (χ3n) is 4.34. The van der Waals surface area contributed by atoms with Crippen molar-refractivity contribution in [2.24, 2.45) is 0 Å². The van der Waals surface area contributed by atoms with Gasteiger partial charge in [-0.2, -0.15) is 0 Å². The number of hydrogen-bond donors (Lipinski definition) is 0. The maximum absolute atomic E-state index is 13.2. The molecule has 0 amide bonds. The number of benzene rings is 1. The molecule has 23 heavy (non-hydrogen) atoms. The highest BCUT2D eigenvalue weighted by Crippen LogP contribution is 2.34. The van der Waals surface area contributed by atoms with E-state index in [0.29, 0.717) is 18.0 Å². The maximum Gasteiger partial charge on any atom is 0.269 e. The molecule has 0 N–H and O–H groups in total. The third-order valence-corrected chi connectivity index (χ3v) is 6.36. The summed E-state index contributed by atoms with van der Waals surface area (Å²) < 4.78 is 33.0. The summed E-state index contributed by atoms with van der Waals surface area (Å²) in [6.45, 7) is 3.70. The molecule has 2 heterocycles. The highest BCUT2D eigenvalue weighted by Gasteiger charge is 2.37. The Kier molecular flexibility index (Phi) is 3.93. The summed E-state index contributed by atoms with van der Waals surface area (Å²) in [5, 5.41) is 3.80. The van der Waals surface area contributed by atoms with E-state index in [1.165, 1.54) is 4.31 Å². The Hall–Kier alpha value is -1.86. The average Bonchev–Trinajstić information content (AvgIpc) is 2.85. The maximum atomic E-state index is 13.2. The molecule has 0 bridgehead atoms. The Balaban J connectivity index is 2.14. The molecule has 1 aromatic heterocycles. The zero-order valence-electron chi connectivity index (χ0n) is 13.8. The van der Waals surface area contributed by atoms with Crippen LogP contribution >= 0.6 is 0 Å². The highest BCUT2D eigenvalue weighted by molar-refractivity contribution is 7.93. The zero-order valence-corrected chi connectivity index (χ0v) is 14.6. The molecule has 0 unspecified atom stereocenters. The summed E-state index contributed by atoms with van der Waals surface area (Å²) in [6.07, 6.45) is 0.830. The van der Waals surface area contributed by atoms with Crippen molar-refractivity contribution >= 4 is 15.7 Å². The predicted octanol–water partition coefficient (Wildman–Crippen LogP) is 1.97. The molecular formula is C16H21N3O3S. The Morgan fingerprint density at radius 3 is 2.57 bits per heavy atom. The lowest BCUT2D eigenvalue weighted by atomic mass is 9.99. The van der Waals surface area contributed by atoms with Gasteiger partial charge in [0.2, 0.25) is 0 Å². The number of para-hydroxylation sites is 1. The molecule has 1 atom stereocenters. The van der Waals surface area contributed by atoms with Crippen molar-refractivity contribution in [2.75, 3.05) is 24.9 Å². The zero-order chi connectivity index (χ0) is 16.8. The van der Waals surface area contributed by atoms with Gasteiger partial charge in [0.05, 0.1) is 12.2 Å². The van der Waals surface area contributed by atoms with Crippen LogP contribution < -0.4 is 4.31 Å². The minimum Gasteiger partial charge on any atom is -0.360 e. The molecule has 0 saturated heterocycles. The normalized spacial score (nSPS) is 18.3. The average molecular weight is 335 g/mol. The Morgan fingerprint density at radius 2 is 1.96 bits per heavy atom. The number of anilines is 1. The Bertz CT molecular complexity index is 807. The van der Waals surface area contributed by atoms with E-state index in [0.717, 1.165) is 17.7 Å².